The van der Waals surface area contributed by atoms with Gasteiger partial charge in [0.2, 0.25) is 5.91 Å². The number of aryl methyl sites for hydroxylation is 2. The van der Waals surface area contributed by atoms with Crippen molar-refractivity contribution in [2.75, 3.05) is 11.9 Å². The van der Waals surface area contributed by atoms with E-state index in [1.54, 1.807) is 17.5 Å². The maximum absolute atomic E-state index is 12.0. The molecular weight excluding hydrogens is 296 g/mol. The predicted molar refractivity (Wildman–Crippen MR) is 90.0 cm³/mol. The third-order valence-corrected chi connectivity index (χ3v) is 4.18. The Kier molecular flexibility index (Phi) is 6.48. The molecule has 0 aromatic carbocycles. The molecule has 6 heteroatoms. The fraction of sp³-hybridized carbons (Fsp3) is 0.438. The Morgan fingerprint density at radius 3 is 3.00 bits per heavy atom. The highest BCUT2D eigenvalue weighted by Gasteiger charge is 2.08. The summed E-state index contributed by atoms with van der Waals surface area (Å²) in [4.78, 5) is 20.6. The van der Waals surface area contributed by atoms with Crippen LogP contribution in [0.3, 0.4) is 0 Å². The van der Waals surface area contributed by atoms with Gasteiger partial charge in [-0.2, -0.15) is 0 Å². The number of hydrogen-bond acceptors (Lipinski definition) is 5. The van der Waals surface area contributed by atoms with Crippen LogP contribution in [0.25, 0.3) is 0 Å². The largest absolute Gasteiger partial charge is 0.330 e. The first-order chi connectivity index (χ1) is 10.7. The van der Waals surface area contributed by atoms with Gasteiger partial charge >= 0.3 is 0 Å². The van der Waals surface area contributed by atoms with Gasteiger partial charge in [-0.1, -0.05) is 6.42 Å². The van der Waals surface area contributed by atoms with Gasteiger partial charge in [-0.15, -0.1) is 11.3 Å². The number of thiazole rings is 1. The third-order valence-electron chi connectivity index (χ3n) is 3.22. The molecule has 0 spiro atoms. The monoisotopic (exact) mass is 318 g/mol. The number of anilines is 1. The number of amides is 1. The Bertz CT molecular complexity index is 612. The molecule has 0 atom stereocenters. The average molecular weight is 318 g/mol. The SMILES string of the molecule is Cc1ccnc(NC(=O)Cc2csc(CCCCCN)n2)c1. The van der Waals surface area contributed by atoms with E-state index in [2.05, 4.69) is 15.3 Å². The Balaban J connectivity index is 1.80. The molecule has 0 bridgehead atoms. The summed E-state index contributed by atoms with van der Waals surface area (Å²) in [5, 5.41) is 5.85. The van der Waals surface area contributed by atoms with Gasteiger partial charge in [-0.05, 0) is 50.4 Å². The van der Waals surface area contributed by atoms with Crippen LogP contribution in [0.5, 0.6) is 0 Å². The van der Waals surface area contributed by atoms with Gasteiger partial charge in [0, 0.05) is 11.6 Å². The second-order valence-electron chi connectivity index (χ2n) is 5.28. The smallest absolute Gasteiger partial charge is 0.231 e. The summed E-state index contributed by atoms with van der Waals surface area (Å²) in [6.07, 6.45) is 6.23. The van der Waals surface area contributed by atoms with E-state index >= 15 is 0 Å². The number of carbonyl (C=O) groups excluding carboxylic acids is 1. The van der Waals surface area contributed by atoms with E-state index in [0.717, 1.165) is 48.5 Å². The minimum Gasteiger partial charge on any atom is -0.330 e. The number of unbranched alkanes of at least 4 members (excludes halogenated alkanes) is 2. The van der Waals surface area contributed by atoms with Crippen molar-refractivity contribution in [3.05, 3.63) is 40.0 Å². The van der Waals surface area contributed by atoms with Crippen LogP contribution in [0.4, 0.5) is 5.82 Å². The van der Waals surface area contributed by atoms with Crippen molar-refractivity contribution in [1.29, 1.82) is 0 Å². The van der Waals surface area contributed by atoms with E-state index in [4.69, 9.17) is 5.73 Å². The average Bonchev–Trinajstić information content (AvgIpc) is 2.91. The van der Waals surface area contributed by atoms with Crippen LogP contribution in [0.2, 0.25) is 0 Å². The highest BCUT2D eigenvalue weighted by molar-refractivity contribution is 7.09. The highest BCUT2D eigenvalue weighted by Crippen LogP contribution is 2.14. The summed E-state index contributed by atoms with van der Waals surface area (Å²) in [6.45, 7) is 2.71. The summed E-state index contributed by atoms with van der Waals surface area (Å²) in [6, 6.07) is 3.74. The molecule has 0 aliphatic carbocycles. The summed E-state index contributed by atoms with van der Waals surface area (Å²) < 4.78 is 0. The first-order valence-electron chi connectivity index (χ1n) is 7.53. The summed E-state index contributed by atoms with van der Waals surface area (Å²) in [5.74, 6) is 0.500. The molecule has 2 rings (SSSR count). The number of nitrogens with one attached hydrogen (secondary N) is 1. The molecule has 0 saturated heterocycles. The molecule has 0 saturated carbocycles. The second kappa shape index (κ2) is 8.60. The number of pyridine rings is 1. The Morgan fingerprint density at radius 1 is 1.36 bits per heavy atom. The minimum atomic E-state index is -0.0851. The van der Waals surface area contributed by atoms with Crippen molar-refractivity contribution < 1.29 is 4.79 Å². The fourth-order valence-corrected chi connectivity index (χ4v) is 2.94. The minimum absolute atomic E-state index is 0.0851. The molecule has 0 unspecified atom stereocenters. The topological polar surface area (TPSA) is 80.9 Å². The van der Waals surface area contributed by atoms with Crippen molar-refractivity contribution in [2.24, 2.45) is 5.73 Å². The molecule has 0 radical (unpaired) electrons. The number of nitrogens with zero attached hydrogens (tertiary/aromatic N) is 2. The van der Waals surface area contributed by atoms with Crippen molar-refractivity contribution in [1.82, 2.24) is 9.97 Å². The molecule has 1 amide bonds. The maximum atomic E-state index is 12.0. The van der Waals surface area contributed by atoms with Gasteiger partial charge in [0.1, 0.15) is 5.82 Å². The molecule has 0 aliphatic heterocycles. The lowest BCUT2D eigenvalue weighted by molar-refractivity contribution is -0.115. The van der Waals surface area contributed by atoms with Crippen LogP contribution in [0.15, 0.2) is 23.7 Å². The van der Waals surface area contributed by atoms with E-state index in [0.29, 0.717) is 5.82 Å². The molecule has 22 heavy (non-hydrogen) atoms. The molecule has 2 aromatic rings. The lowest BCUT2D eigenvalue weighted by atomic mass is 10.2. The quantitative estimate of drug-likeness (QED) is 0.733. The highest BCUT2D eigenvalue weighted by atomic mass is 32.1. The van der Waals surface area contributed by atoms with Gasteiger partial charge in [0.15, 0.2) is 0 Å². The molecule has 2 aromatic heterocycles. The van der Waals surface area contributed by atoms with E-state index in [1.165, 1.54) is 0 Å². The zero-order valence-electron chi connectivity index (χ0n) is 12.8. The molecule has 2 heterocycles. The Morgan fingerprint density at radius 2 is 2.23 bits per heavy atom. The van der Waals surface area contributed by atoms with Crippen LogP contribution in [-0.4, -0.2) is 22.4 Å². The van der Waals surface area contributed by atoms with Gasteiger partial charge in [0.25, 0.3) is 0 Å². The first-order valence-corrected chi connectivity index (χ1v) is 8.41. The first kappa shape index (κ1) is 16.6. The van der Waals surface area contributed by atoms with Gasteiger partial charge in [-0.3, -0.25) is 4.79 Å². The Labute approximate surface area is 135 Å². The van der Waals surface area contributed by atoms with Crippen molar-refractivity contribution in [3.8, 4) is 0 Å². The summed E-state index contributed by atoms with van der Waals surface area (Å²) in [7, 11) is 0. The van der Waals surface area contributed by atoms with E-state index < -0.39 is 0 Å². The van der Waals surface area contributed by atoms with E-state index in [9.17, 15) is 4.79 Å². The van der Waals surface area contributed by atoms with E-state index in [1.807, 2.05) is 24.4 Å². The second-order valence-corrected chi connectivity index (χ2v) is 6.22. The van der Waals surface area contributed by atoms with Crippen molar-refractivity contribution in [2.45, 2.75) is 39.0 Å². The molecule has 118 valence electrons. The molecule has 5 nitrogen and oxygen atoms in total. The van der Waals surface area contributed by atoms with Crippen LogP contribution in [-0.2, 0) is 17.6 Å². The van der Waals surface area contributed by atoms with Crippen molar-refractivity contribution in [3.63, 3.8) is 0 Å². The number of nitrogens with two attached hydrogens (primary N) is 1. The normalized spacial score (nSPS) is 10.6. The van der Waals surface area contributed by atoms with Gasteiger partial charge < -0.3 is 11.1 Å². The lowest BCUT2D eigenvalue weighted by Crippen LogP contribution is -2.15. The molecule has 3 N–H and O–H groups in total. The fourth-order valence-electron chi connectivity index (χ4n) is 2.10. The number of hydrogen-bond donors (Lipinski definition) is 2. The van der Waals surface area contributed by atoms with Crippen LogP contribution >= 0.6 is 11.3 Å². The summed E-state index contributed by atoms with van der Waals surface area (Å²) in [5.41, 5.74) is 7.37. The Hall–Kier alpha value is -1.79. The van der Waals surface area contributed by atoms with Gasteiger partial charge in [0.05, 0.1) is 17.1 Å². The van der Waals surface area contributed by atoms with Crippen LogP contribution < -0.4 is 11.1 Å². The van der Waals surface area contributed by atoms with Gasteiger partial charge in [-0.25, -0.2) is 9.97 Å². The maximum Gasteiger partial charge on any atom is 0.231 e. The summed E-state index contributed by atoms with van der Waals surface area (Å²) >= 11 is 1.62. The number of carbonyl (C=O) groups is 1. The van der Waals surface area contributed by atoms with Crippen LogP contribution in [0.1, 0.15) is 35.5 Å². The zero-order valence-corrected chi connectivity index (χ0v) is 13.7. The number of rotatable bonds is 8. The number of aromatic nitrogens is 2. The van der Waals surface area contributed by atoms with E-state index in [-0.39, 0.29) is 12.3 Å². The molecule has 0 fully saturated rings. The standard InChI is InChI=1S/C16H22N4OS/c1-12-6-8-18-14(9-12)20-15(21)10-13-11-22-16(19-13)5-3-2-4-7-17/h6,8-9,11H,2-5,7,10,17H2,1H3,(H,18,20,21). The predicted octanol–water partition coefficient (Wildman–Crippen LogP) is 2.70. The van der Waals surface area contributed by atoms with Crippen molar-refractivity contribution >= 4 is 23.1 Å². The lowest BCUT2D eigenvalue weighted by Gasteiger charge is -2.03. The van der Waals surface area contributed by atoms with Crippen LogP contribution in [0, 0.1) is 6.92 Å². The third kappa shape index (κ3) is 5.54. The molecular formula is C16H22N4OS. The molecule has 0 aliphatic rings. The zero-order chi connectivity index (χ0) is 15.8.